The van der Waals surface area contributed by atoms with Crippen LogP contribution in [0.15, 0.2) is 12.1 Å². The molecule has 4 N–H and O–H groups in total. The van der Waals surface area contributed by atoms with E-state index in [0.29, 0.717) is 24.8 Å². The second kappa shape index (κ2) is 12.3. The maximum atomic E-state index is 14.6. The van der Waals surface area contributed by atoms with E-state index in [1.54, 1.807) is 12.1 Å². The van der Waals surface area contributed by atoms with Crippen LogP contribution in [0.25, 0.3) is 0 Å². The van der Waals surface area contributed by atoms with E-state index in [-0.39, 0.29) is 12.1 Å². The zero-order valence-electron chi connectivity index (χ0n) is 19.4. The molecule has 1 aromatic carbocycles. The summed E-state index contributed by atoms with van der Waals surface area (Å²) >= 11 is 0. The van der Waals surface area contributed by atoms with Crippen molar-refractivity contribution in [3.8, 4) is 0 Å². The average Bonchev–Trinajstić information content (AvgIpc) is 3.10. The Balaban J connectivity index is 1.88. The first-order valence-corrected chi connectivity index (χ1v) is 11.9. The Kier molecular flexibility index (Phi) is 10.1. The van der Waals surface area contributed by atoms with Gasteiger partial charge in [0.2, 0.25) is 5.91 Å². The number of rotatable bonds is 14. The lowest BCUT2D eigenvalue weighted by molar-refractivity contribution is -0.153. The second-order valence-electron chi connectivity index (χ2n) is 9.37. The molecule has 0 heterocycles. The fraction of sp³-hybridized carbons (Fsp3) is 0.680. The highest BCUT2D eigenvalue weighted by molar-refractivity contribution is 5.87. The number of carbonyl (C=O) groups excluding carboxylic acids is 1. The van der Waals surface area contributed by atoms with Gasteiger partial charge in [0.1, 0.15) is 0 Å². The van der Waals surface area contributed by atoms with Gasteiger partial charge in [-0.1, -0.05) is 64.0 Å². The van der Waals surface area contributed by atoms with Crippen molar-refractivity contribution in [3.63, 3.8) is 0 Å². The molecule has 32 heavy (non-hydrogen) atoms. The SMILES string of the molecule is CCCCCCCCCCc1ccc(CNC2CCC(C)(C(=O)O)C2C(N)=O)c(F)c1F. The summed E-state index contributed by atoms with van der Waals surface area (Å²) in [6.45, 7) is 3.70. The number of carboxylic acids is 1. The largest absolute Gasteiger partial charge is 0.481 e. The number of aryl methyl sites for hydroxylation is 1. The summed E-state index contributed by atoms with van der Waals surface area (Å²) in [5.41, 5.74) is 4.75. The normalized spacial score (nSPS) is 22.9. The van der Waals surface area contributed by atoms with Crippen molar-refractivity contribution in [2.45, 2.75) is 97.1 Å². The summed E-state index contributed by atoms with van der Waals surface area (Å²) in [5.74, 6) is -4.38. The van der Waals surface area contributed by atoms with E-state index >= 15 is 0 Å². The topological polar surface area (TPSA) is 92.4 Å². The monoisotopic (exact) mass is 452 g/mol. The van der Waals surface area contributed by atoms with Gasteiger partial charge in [0.15, 0.2) is 11.6 Å². The third-order valence-electron chi connectivity index (χ3n) is 6.96. The van der Waals surface area contributed by atoms with Gasteiger partial charge in [-0.3, -0.25) is 9.59 Å². The first-order valence-electron chi connectivity index (χ1n) is 11.9. The predicted molar refractivity (Wildman–Crippen MR) is 121 cm³/mol. The highest BCUT2D eigenvalue weighted by Gasteiger charge is 2.53. The molecule has 0 bridgehead atoms. The molecule has 1 aromatic rings. The van der Waals surface area contributed by atoms with Crippen LogP contribution < -0.4 is 11.1 Å². The Morgan fingerprint density at radius 1 is 1.06 bits per heavy atom. The molecular weight excluding hydrogens is 414 g/mol. The van der Waals surface area contributed by atoms with Crippen LogP contribution in [-0.4, -0.2) is 23.0 Å². The summed E-state index contributed by atoms with van der Waals surface area (Å²) in [6, 6.07) is 2.70. The van der Waals surface area contributed by atoms with Crippen LogP contribution in [0, 0.1) is 23.0 Å². The molecule has 1 fully saturated rings. The summed E-state index contributed by atoms with van der Waals surface area (Å²) in [6.07, 6.45) is 10.4. The third-order valence-corrected chi connectivity index (χ3v) is 6.96. The second-order valence-corrected chi connectivity index (χ2v) is 9.37. The number of primary amides is 1. The molecule has 180 valence electrons. The number of aliphatic carboxylic acids is 1. The quantitative estimate of drug-likeness (QED) is 0.343. The van der Waals surface area contributed by atoms with Crippen LogP contribution >= 0.6 is 0 Å². The number of amides is 1. The van der Waals surface area contributed by atoms with Crippen LogP contribution in [0.4, 0.5) is 8.78 Å². The number of carbonyl (C=O) groups is 2. The molecule has 1 saturated carbocycles. The number of hydrogen-bond acceptors (Lipinski definition) is 3. The maximum Gasteiger partial charge on any atom is 0.310 e. The Labute approximate surface area is 190 Å². The number of hydrogen-bond donors (Lipinski definition) is 3. The van der Waals surface area contributed by atoms with E-state index in [1.807, 2.05) is 0 Å². The first-order chi connectivity index (χ1) is 15.2. The summed E-state index contributed by atoms with van der Waals surface area (Å²) < 4.78 is 29.2. The van der Waals surface area contributed by atoms with Crippen molar-refractivity contribution in [1.29, 1.82) is 0 Å². The molecule has 2 rings (SSSR count). The minimum Gasteiger partial charge on any atom is -0.481 e. The Hall–Kier alpha value is -2.02. The molecule has 1 aliphatic carbocycles. The lowest BCUT2D eigenvalue weighted by Gasteiger charge is -2.28. The molecule has 1 amide bonds. The molecule has 1 aliphatic rings. The minimum absolute atomic E-state index is 0.00490. The molecule has 0 aromatic heterocycles. The van der Waals surface area contributed by atoms with Gasteiger partial charge in [-0.2, -0.15) is 0 Å². The fourth-order valence-electron chi connectivity index (χ4n) is 4.84. The van der Waals surface area contributed by atoms with Crippen LogP contribution in [0.5, 0.6) is 0 Å². The summed E-state index contributed by atoms with van der Waals surface area (Å²) in [7, 11) is 0. The molecule has 0 spiro atoms. The van der Waals surface area contributed by atoms with E-state index in [0.717, 1.165) is 19.3 Å². The molecule has 0 saturated heterocycles. The van der Waals surface area contributed by atoms with Crippen molar-refractivity contribution in [2.24, 2.45) is 17.1 Å². The molecular formula is C25H38F2N2O3. The number of unbranched alkanes of at least 4 members (excludes halogenated alkanes) is 7. The van der Waals surface area contributed by atoms with Gasteiger partial charge in [-0.05, 0) is 38.2 Å². The average molecular weight is 453 g/mol. The van der Waals surface area contributed by atoms with Gasteiger partial charge in [0.25, 0.3) is 0 Å². The zero-order chi connectivity index (χ0) is 23.7. The number of carboxylic acid groups (broad SMARTS) is 1. The number of nitrogens with one attached hydrogen (secondary N) is 1. The maximum absolute atomic E-state index is 14.6. The van der Waals surface area contributed by atoms with Crippen molar-refractivity contribution >= 4 is 11.9 Å². The van der Waals surface area contributed by atoms with Crippen LogP contribution in [0.3, 0.4) is 0 Å². The highest BCUT2D eigenvalue weighted by Crippen LogP contribution is 2.43. The van der Waals surface area contributed by atoms with E-state index in [9.17, 15) is 23.5 Å². The van der Waals surface area contributed by atoms with E-state index < -0.39 is 40.9 Å². The van der Waals surface area contributed by atoms with Crippen molar-refractivity contribution in [3.05, 3.63) is 34.9 Å². The van der Waals surface area contributed by atoms with Gasteiger partial charge in [0, 0.05) is 18.2 Å². The first kappa shape index (κ1) is 26.2. The summed E-state index contributed by atoms with van der Waals surface area (Å²) in [5, 5.41) is 12.6. The number of benzene rings is 1. The third kappa shape index (κ3) is 6.50. The molecule has 0 aliphatic heterocycles. The van der Waals surface area contributed by atoms with E-state index in [1.165, 1.54) is 39.0 Å². The zero-order valence-corrected chi connectivity index (χ0v) is 19.4. The molecule has 0 radical (unpaired) electrons. The van der Waals surface area contributed by atoms with E-state index in [2.05, 4.69) is 12.2 Å². The van der Waals surface area contributed by atoms with Gasteiger partial charge in [0.05, 0.1) is 11.3 Å². The van der Waals surface area contributed by atoms with Gasteiger partial charge in [-0.15, -0.1) is 0 Å². The number of nitrogens with two attached hydrogens (primary N) is 1. The Morgan fingerprint density at radius 2 is 1.62 bits per heavy atom. The van der Waals surface area contributed by atoms with Gasteiger partial charge >= 0.3 is 5.97 Å². The number of halogens is 2. The molecule has 7 heteroatoms. The van der Waals surface area contributed by atoms with Gasteiger partial charge < -0.3 is 16.2 Å². The highest BCUT2D eigenvalue weighted by atomic mass is 19.2. The van der Waals surface area contributed by atoms with Crippen molar-refractivity contribution < 1.29 is 23.5 Å². The fourth-order valence-corrected chi connectivity index (χ4v) is 4.84. The van der Waals surface area contributed by atoms with Gasteiger partial charge in [-0.25, -0.2) is 8.78 Å². The Morgan fingerprint density at radius 3 is 2.22 bits per heavy atom. The van der Waals surface area contributed by atoms with Crippen molar-refractivity contribution in [2.75, 3.05) is 0 Å². The van der Waals surface area contributed by atoms with Crippen LogP contribution in [0.2, 0.25) is 0 Å². The molecule has 5 nitrogen and oxygen atoms in total. The smallest absolute Gasteiger partial charge is 0.310 e. The van der Waals surface area contributed by atoms with Crippen molar-refractivity contribution in [1.82, 2.24) is 5.32 Å². The predicted octanol–water partition coefficient (Wildman–Crippen LogP) is 5.09. The summed E-state index contributed by atoms with van der Waals surface area (Å²) in [4.78, 5) is 23.5. The molecule has 3 unspecified atom stereocenters. The van der Waals surface area contributed by atoms with Crippen LogP contribution in [0.1, 0.15) is 89.2 Å². The lowest BCUT2D eigenvalue weighted by Crippen LogP contribution is -2.47. The van der Waals surface area contributed by atoms with E-state index in [4.69, 9.17) is 5.73 Å². The molecule has 3 atom stereocenters. The lowest BCUT2D eigenvalue weighted by atomic mass is 9.78. The Bertz CT molecular complexity index is 787. The minimum atomic E-state index is -1.26. The standard InChI is InChI=1S/C25H38F2N2O3/c1-3-4-5-6-7-8-9-10-11-17-12-13-18(22(27)21(17)26)16-29-19-14-15-25(2,24(31)32)20(19)23(28)30/h12-13,19-20,29H,3-11,14-16H2,1-2H3,(H2,28,30)(H,31,32). The van der Waals surface area contributed by atoms with Crippen LogP contribution in [-0.2, 0) is 22.6 Å².